The summed E-state index contributed by atoms with van der Waals surface area (Å²) in [5.74, 6) is -0.331. The van der Waals surface area contributed by atoms with Gasteiger partial charge in [-0.25, -0.2) is 9.78 Å². The number of nitrogens with zero attached hydrogens (tertiary/aromatic N) is 3. The van der Waals surface area contributed by atoms with E-state index in [1.54, 1.807) is 18.2 Å². The molecule has 0 aliphatic heterocycles. The van der Waals surface area contributed by atoms with Crippen molar-refractivity contribution >= 4 is 22.9 Å². The van der Waals surface area contributed by atoms with Gasteiger partial charge in [0.25, 0.3) is 0 Å². The smallest absolute Gasteiger partial charge is 0.354 e. The zero-order valence-corrected chi connectivity index (χ0v) is 16.6. The number of aromatic nitrogens is 2. The monoisotopic (exact) mass is 373 g/mol. The minimum Gasteiger partial charge on any atom is -0.420 e. The quantitative estimate of drug-likeness (QED) is 0.276. The third-order valence-electron chi connectivity index (χ3n) is 4.73. The first-order valence-electron chi connectivity index (χ1n) is 9.31. The number of ether oxygens (including phenoxy) is 1. The third kappa shape index (κ3) is 3.81. The second-order valence-corrected chi connectivity index (χ2v) is 6.82. The molecular formula is C23H23N3O2. The topological polar surface area (TPSA) is 67.9 Å². The van der Waals surface area contributed by atoms with E-state index in [9.17, 15) is 10.1 Å². The number of benzene rings is 1. The number of hydrogen-bond acceptors (Lipinski definition) is 4. The van der Waals surface area contributed by atoms with E-state index in [1.165, 1.54) is 0 Å². The second-order valence-electron chi connectivity index (χ2n) is 6.82. The van der Waals surface area contributed by atoms with Crippen LogP contribution in [0.1, 0.15) is 36.0 Å². The molecule has 2 aromatic heterocycles. The molecule has 0 unspecified atom stereocenters. The minimum atomic E-state index is -0.682. The Morgan fingerprint density at radius 2 is 2.04 bits per heavy atom. The molecule has 0 spiro atoms. The molecule has 3 rings (SSSR count). The first kappa shape index (κ1) is 19.4. The van der Waals surface area contributed by atoms with Crippen LogP contribution in [0.25, 0.3) is 17.0 Å². The molecule has 0 aliphatic carbocycles. The first-order chi connectivity index (χ1) is 13.4. The van der Waals surface area contributed by atoms with Crippen molar-refractivity contribution in [2.75, 3.05) is 0 Å². The fraction of sp³-hybridized carbons (Fsp3) is 0.261. The second kappa shape index (κ2) is 8.10. The predicted molar refractivity (Wildman–Crippen MR) is 110 cm³/mol. The van der Waals surface area contributed by atoms with Crippen LogP contribution in [0.3, 0.4) is 0 Å². The van der Waals surface area contributed by atoms with Crippen molar-refractivity contribution in [2.45, 2.75) is 40.7 Å². The highest BCUT2D eigenvalue weighted by atomic mass is 16.5. The molecule has 1 aromatic carbocycles. The van der Waals surface area contributed by atoms with E-state index in [0.29, 0.717) is 11.3 Å². The number of nitriles is 1. The highest BCUT2D eigenvalue weighted by molar-refractivity contribution is 6.00. The molecule has 0 aliphatic rings. The average molecular weight is 373 g/mol. The van der Waals surface area contributed by atoms with Crippen molar-refractivity contribution in [3.63, 3.8) is 0 Å². The SMILES string of the molecule is CCCn1c(C)cc(/C=C(\C#N)C(=O)Oc2cccc3ccc(C)nc23)c1C. The third-order valence-corrected chi connectivity index (χ3v) is 4.73. The summed E-state index contributed by atoms with van der Waals surface area (Å²) >= 11 is 0. The van der Waals surface area contributed by atoms with Crippen LogP contribution in [0.5, 0.6) is 5.75 Å². The molecule has 142 valence electrons. The molecule has 0 radical (unpaired) electrons. The van der Waals surface area contributed by atoms with Gasteiger partial charge in [0.05, 0.1) is 0 Å². The Morgan fingerprint density at radius 3 is 2.75 bits per heavy atom. The van der Waals surface area contributed by atoms with E-state index in [-0.39, 0.29) is 5.57 Å². The number of carbonyl (C=O) groups is 1. The van der Waals surface area contributed by atoms with Gasteiger partial charge in [-0.1, -0.05) is 25.1 Å². The Bertz CT molecular complexity index is 1120. The van der Waals surface area contributed by atoms with Crippen LogP contribution in [-0.4, -0.2) is 15.5 Å². The summed E-state index contributed by atoms with van der Waals surface area (Å²) in [5.41, 5.74) is 4.38. The molecule has 0 saturated heterocycles. The number of para-hydroxylation sites is 1. The van der Waals surface area contributed by atoms with Crippen molar-refractivity contribution in [1.82, 2.24) is 9.55 Å². The minimum absolute atomic E-state index is 0.0404. The summed E-state index contributed by atoms with van der Waals surface area (Å²) in [6.07, 6.45) is 2.61. The summed E-state index contributed by atoms with van der Waals surface area (Å²) in [5, 5.41) is 10.4. The number of hydrogen-bond donors (Lipinski definition) is 0. The summed E-state index contributed by atoms with van der Waals surface area (Å²) in [4.78, 5) is 17.1. The lowest BCUT2D eigenvalue weighted by molar-refractivity contribution is -0.129. The Hall–Kier alpha value is -3.39. The predicted octanol–water partition coefficient (Wildman–Crippen LogP) is 4.88. The van der Waals surface area contributed by atoms with Crippen LogP contribution in [-0.2, 0) is 11.3 Å². The van der Waals surface area contributed by atoms with Gasteiger partial charge in [0, 0.05) is 29.0 Å². The highest BCUT2D eigenvalue weighted by Gasteiger charge is 2.16. The Kier molecular flexibility index (Phi) is 5.60. The van der Waals surface area contributed by atoms with E-state index >= 15 is 0 Å². The molecule has 2 heterocycles. The molecule has 0 atom stereocenters. The van der Waals surface area contributed by atoms with Gasteiger partial charge in [0.2, 0.25) is 0 Å². The van der Waals surface area contributed by atoms with Gasteiger partial charge in [-0.05, 0) is 57.0 Å². The van der Waals surface area contributed by atoms with Gasteiger partial charge < -0.3 is 9.30 Å². The van der Waals surface area contributed by atoms with Crippen molar-refractivity contribution in [1.29, 1.82) is 5.26 Å². The maximum Gasteiger partial charge on any atom is 0.354 e. The van der Waals surface area contributed by atoms with Crippen molar-refractivity contribution < 1.29 is 9.53 Å². The van der Waals surface area contributed by atoms with Crippen LogP contribution in [0.15, 0.2) is 42.0 Å². The Balaban J connectivity index is 1.94. The molecule has 5 nitrogen and oxygen atoms in total. The van der Waals surface area contributed by atoms with Gasteiger partial charge in [0.1, 0.15) is 17.2 Å². The van der Waals surface area contributed by atoms with Crippen molar-refractivity contribution in [3.05, 3.63) is 64.6 Å². The maximum atomic E-state index is 12.7. The molecule has 0 N–H and O–H groups in total. The molecule has 0 amide bonds. The Labute approximate surface area is 164 Å². The molecule has 28 heavy (non-hydrogen) atoms. The van der Waals surface area contributed by atoms with Crippen LogP contribution in [0.2, 0.25) is 0 Å². The number of carbonyl (C=O) groups excluding carboxylic acids is 1. The molecule has 3 aromatic rings. The van der Waals surface area contributed by atoms with E-state index in [1.807, 2.05) is 51.1 Å². The molecule has 0 bridgehead atoms. The van der Waals surface area contributed by atoms with Crippen molar-refractivity contribution in [2.24, 2.45) is 0 Å². The zero-order valence-electron chi connectivity index (χ0n) is 16.6. The molecule has 5 heteroatoms. The van der Waals surface area contributed by atoms with Crippen LogP contribution < -0.4 is 4.74 Å². The largest absolute Gasteiger partial charge is 0.420 e. The molecular weight excluding hydrogens is 350 g/mol. The number of aryl methyl sites for hydroxylation is 2. The number of esters is 1. The van der Waals surface area contributed by atoms with E-state index in [4.69, 9.17) is 4.74 Å². The summed E-state index contributed by atoms with van der Waals surface area (Å²) in [6, 6.07) is 13.2. The normalized spacial score (nSPS) is 11.5. The van der Waals surface area contributed by atoms with Gasteiger partial charge in [-0.2, -0.15) is 5.26 Å². The zero-order chi connectivity index (χ0) is 20.3. The van der Waals surface area contributed by atoms with Crippen molar-refractivity contribution in [3.8, 4) is 11.8 Å². The maximum absolute atomic E-state index is 12.7. The lowest BCUT2D eigenvalue weighted by Crippen LogP contribution is -2.11. The van der Waals surface area contributed by atoms with Gasteiger partial charge >= 0.3 is 5.97 Å². The van der Waals surface area contributed by atoms with E-state index < -0.39 is 5.97 Å². The first-order valence-corrected chi connectivity index (χ1v) is 9.31. The van der Waals surface area contributed by atoms with Crippen LogP contribution >= 0.6 is 0 Å². The highest BCUT2D eigenvalue weighted by Crippen LogP contribution is 2.25. The van der Waals surface area contributed by atoms with Crippen LogP contribution in [0, 0.1) is 32.1 Å². The molecule has 0 saturated carbocycles. The lowest BCUT2D eigenvalue weighted by Gasteiger charge is -2.08. The fourth-order valence-electron chi connectivity index (χ4n) is 3.29. The van der Waals surface area contributed by atoms with E-state index in [0.717, 1.165) is 41.0 Å². The fourth-order valence-corrected chi connectivity index (χ4v) is 3.29. The summed E-state index contributed by atoms with van der Waals surface area (Å²) < 4.78 is 7.72. The summed E-state index contributed by atoms with van der Waals surface area (Å²) in [6.45, 7) is 8.91. The number of rotatable bonds is 5. The Morgan fingerprint density at radius 1 is 1.25 bits per heavy atom. The standard InChI is InChI=1S/C23H23N3O2/c1-5-11-26-16(3)12-19(17(26)4)13-20(14-24)23(27)28-21-8-6-7-18-10-9-15(2)25-22(18)21/h6-10,12-13H,5,11H2,1-4H3/b20-13+. The summed E-state index contributed by atoms with van der Waals surface area (Å²) in [7, 11) is 0. The average Bonchev–Trinajstić information content (AvgIpc) is 2.94. The number of fused-ring (bicyclic) bond motifs is 1. The van der Waals surface area contributed by atoms with Gasteiger partial charge in [-0.3, -0.25) is 0 Å². The number of pyridine rings is 1. The van der Waals surface area contributed by atoms with Gasteiger partial charge in [-0.15, -0.1) is 0 Å². The van der Waals surface area contributed by atoms with Gasteiger partial charge in [0.15, 0.2) is 5.75 Å². The lowest BCUT2D eigenvalue weighted by atomic mass is 10.1. The molecule has 0 fully saturated rings. The van der Waals surface area contributed by atoms with E-state index in [2.05, 4.69) is 16.5 Å². The van der Waals surface area contributed by atoms with Crippen LogP contribution in [0.4, 0.5) is 0 Å².